The summed E-state index contributed by atoms with van der Waals surface area (Å²) < 4.78 is 16.1. The first-order chi connectivity index (χ1) is 13.0. The molecule has 2 aromatic rings. The van der Waals surface area contributed by atoms with Gasteiger partial charge in [-0.15, -0.1) is 0 Å². The van der Waals surface area contributed by atoms with E-state index in [-0.39, 0.29) is 5.75 Å². The van der Waals surface area contributed by atoms with Crippen LogP contribution in [0.4, 0.5) is 4.79 Å². The third kappa shape index (κ3) is 5.58. The molecule has 1 aromatic carbocycles. The van der Waals surface area contributed by atoms with Crippen LogP contribution >= 0.6 is 0 Å². The number of esters is 1. The monoisotopic (exact) mass is 389 g/mol. The average molecular weight is 389 g/mol. The summed E-state index contributed by atoms with van der Waals surface area (Å²) in [5, 5.41) is 3.12. The lowest BCUT2D eigenvalue weighted by molar-refractivity contribution is -0.136. The number of benzene rings is 1. The molecule has 0 fully saturated rings. The number of alkyl carbamates (subject to hydrolysis) is 1. The first-order valence-corrected chi connectivity index (χ1v) is 9.26. The lowest BCUT2D eigenvalue weighted by atomic mass is 10.1. The highest BCUT2D eigenvalue weighted by molar-refractivity contribution is 5.91. The van der Waals surface area contributed by atoms with Gasteiger partial charge in [0.05, 0.1) is 5.39 Å². The Morgan fingerprint density at radius 2 is 1.86 bits per heavy atom. The second kappa shape index (κ2) is 8.46. The molecule has 0 aliphatic heterocycles. The van der Waals surface area contributed by atoms with E-state index in [4.69, 9.17) is 13.9 Å². The fourth-order valence-electron chi connectivity index (χ4n) is 2.82. The number of nitrogens with one attached hydrogen (secondary N) is 1. The highest BCUT2D eigenvalue weighted by atomic mass is 16.6. The van der Waals surface area contributed by atoms with Gasteiger partial charge >= 0.3 is 17.7 Å². The van der Waals surface area contributed by atoms with E-state index in [1.807, 2.05) is 13.8 Å². The first-order valence-electron chi connectivity index (χ1n) is 9.26. The van der Waals surface area contributed by atoms with Crippen molar-refractivity contribution in [2.24, 2.45) is 0 Å². The quantitative estimate of drug-likeness (QED) is 0.472. The first kappa shape index (κ1) is 21.5. The number of aryl methyl sites for hydroxylation is 2. The van der Waals surface area contributed by atoms with Gasteiger partial charge in [0.25, 0.3) is 0 Å². The van der Waals surface area contributed by atoms with Crippen molar-refractivity contribution >= 4 is 23.0 Å². The number of carbonyl (C=O) groups excluding carboxylic acids is 2. The fourth-order valence-corrected chi connectivity index (χ4v) is 2.82. The smallest absolute Gasteiger partial charge is 0.408 e. The van der Waals surface area contributed by atoms with Gasteiger partial charge in [-0.3, -0.25) is 0 Å². The Labute approximate surface area is 164 Å². The molecule has 152 valence electrons. The number of hydrogen-bond acceptors (Lipinski definition) is 6. The van der Waals surface area contributed by atoms with E-state index in [2.05, 4.69) is 5.32 Å². The van der Waals surface area contributed by atoms with Gasteiger partial charge in [-0.25, -0.2) is 14.4 Å². The minimum Gasteiger partial charge on any atom is -0.444 e. The molecule has 1 N–H and O–H groups in total. The Kier molecular flexibility index (Phi) is 6.48. The molecule has 0 bridgehead atoms. The largest absolute Gasteiger partial charge is 0.444 e. The van der Waals surface area contributed by atoms with E-state index in [9.17, 15) is 14.4 Å². The summed E-state index contributed by atoms with van der Waals surface area (Å²) in [4.78, 5) is 36.5. The highest BCUT2D eigenvalue weighted by Gasteiger charge is 2.26. The number of amides is 1. The number of ether oxygens (including phenoxy) is 2. The third-order valence-corrected chi connectivity index (χ3v) is 3.91. The van der Waals surface area contributed by atoms with Gasteiger partial charge in [-0.2, -0.15) is 0 Å². The molecule has 1 atom stereocenters. The molecular weight excluding hydrogens is 362 g/mol. The van der Waals surface area contributed by atoms with Crippen molar-refractivity contribution in [2.45, 2.75) is 66.0 Å². The predicted octanol–water partition coefficient (Wildman–Crippen LogP) is 4.01. The third-order valence-electron chi connectivity index (χ3n) is 3.91. The molecule has 1 amide bonds. The van der Waals surface area contributed by atoms with Crippen molar-refractivity contribution in [3.63, 3.8) is 0 Å². The van der Waals surface area contributed by atoms with E-state index in [1.165, 1.54) is 6.07 Å². The number of rotatable bonds is 5. The number of fused-ring (bicyclic) bond motifs is 1. The van der Waals surface area contributed by atoms with Crippen molar-refractivity contribution in [3.8, 4) is 5.75 Å². The Bertz CT molecular complexity index is 938. The van der Waals surface area contributed by atoms with Crippen molar-refractivity contribution in [1.82, 2.24) is 5.32 Å². The summed E-state index contributed by atoms with van der Waals surface area (Å²) in [7, 11) is 0. The molecule has 7 heteroatoms. The molecule has 0 spiro atoms. The van der Waals surface area contributed by atoms with Gasteiger partial charge in [-0.05, 0) is 64.3 Å². The number of carbonyl (C=O) groups is 2. The van der Waals surface area contributed by atoms with Gasteiger partial charge in [-0.1, -0.05) is 13.3 Å². The van der Waals surface area contributed by atoms with Gasteiger partial charge in [0, 0.05) is 6.07 Å². The maximum atomic E-state index is 12.8. The minimum atomic E-state index is -0.855. The van der Waals surface area contributed by atoms with E-state index in [0.29, 0.717) is 29.4 Å². The summed E-state index contributed by atoms with van der Waals surface area (Å²) >= 11 is 0. The lowest BCUT2D eigenvalue weighted by Gasteiger charge is -2.23. The van der Waals surface area contributed by atoms with Crippen LogP contribution in [0.15, 0.2) is 27.4 Å². The summed E-state index contributed by atoms with van der Waals surface area (Å²) in [6, 6.07) is 3.90. The van der Waals surface area contributed by atoms with Crippen LogP contribution in [0.2, 0.25) is 0 Å². The maximum absolute atomic E-state index is 12.8. The topological polar surface area (TPSA) is 94.8 Å². The Hall–Kier alpha value is -2.83. The van der Waals surface area contributed by atoms with Crippen molar-refractivity contribution in [1.29, 1.82) is 0 Å². The average Bonchev–Trinajstić information content (AvgIpc) is 2.51. The molecule has 0 aliphatic rings. The lowest BCUT2D eigenvalue weighted by Crippen LogP contribution is -2.45. The van der Waals surface area contributed by atoms with Crippen molar-refractivity contribution in [2.75, 3.05) is 0 Å². The molecule has 0 radical (unpaired) electrons. The summed E-state index contributed by atoms with van der Waals surface area (Å²) in [6.45, 7) is 10.7. The van der Waals surface area contributed by atoms with Crippen LogP contribution in [0, 0.1) is 13.8 Å². The van der Waals surface area contributed by atoms with Crippen LogP contribution in [0.25, 0.3) is 11.0 Å². The minimum absolute atomic E-state index is 0.286. The Morgan fingerprint density at radius 3 is 2.46 bits per heavy atom. The Morgan fingerprint density at radius 1 is 1.18 bits per heavy atom. The molecular formula is C21H27NO6. The molecule has 28 heavy (non-hydrogen) atoms. The molecule has 0 saturated carbocycles. The van der Waals surface area contributed by atoms with E-state index >= 15 is 0 Å². The van der Waals surface area contributed by atoms with E-state index < -0.39 is 29.3 Å². The maximum Gasteiger partial charge on any atom is 0.408 e. The fraction of sp³-hybridized carbons (Fsp3) is 0.476. The zero-order valence-electron chi connectivity index (χ0n) is 17.2. The predicted molar refractivity (Wildman–Crippen MR) is 106 cm³/mol. The van der Waals surface area contributed by atoms with Crippen LogP contribution < -0.4 is 15.7 Å². The SMILES string of the molecule is CCC[C@@H](NC(=O)OC(C)(C)C)C(=O)Oc1cc(C)cc2oc(=O)cc(C)c12. The van der Waals surface area contributed by atoms with Gasteiger partial charge in [0.15, 0.2) is 0 Å². The van der Waals surface area contributed by atoms with Gasteiger partial charge < -0.3 is 19.2 Å². The molecule has 1 heterocycles. The molecule has 2 rings (SSSR count). The molecule has 0 unspecified atom stereocenters. The van der Waals surface area contributed by atoms with Crippen LogP contribution in [0.5, 0.6) is 5.75 Å². The van der Waals surface area contributed by atoms with E-state index in [0.717, 1.165) is 5.56 Å². The van der Waals surface area contributed by atoms with Gasteiger partial charge in [0.2, 0.25) is 0 Å². The number of hydrogen-bond donors (Lipinski definition) is 1. The summed E-state index contributed by atoms with van der Waals surface area (Å²) in [6.07, 6.45) is 0.382. The van der Waals surface area contributed by atoms with Crippen LogP contribution in [-0.2, 0) is 9.53 Å². The Balaban J connectivity index is 2.30. The highest BCUT2D eigenvalue weighted by Crippen LogP contribution is 2.30. The van der Waals surface area contributed by atoms with E-state index in [1.54, 1.807) is 39.8 Å². The zero-order valence-corrected chi connectivity index (χ0v) is 17.2. The zero-order chi connectivity index (χ0) is 21.1. The van der Waals surface area contributed by atoms with Crippen molar-refractivity contribution < 1.29 is 23.5 Å². The summed E-state index contributed by atoms with van der Waals surface area (Å²) in [5.74, 6) is -0.321. The molecule has 0 aliphatic carbocycles. The standard InChI is InChI=1S/C21H27NO6/c1-7-8-14(22-20(25)28-21(4,5)6)19(24)27-16-10-12(2)9-15-18(16)13(3)11-17(23)26-15/h9-11,14H,7-8H2,1-6H3,(H,22,25)/t14-/m1/s1. The van der Waals surface area contributed by atoms with Crippen LogP contribution in [0.1, 0.15) is 51.7 Å². The molecule has 0 saturated heterocycles. The second-order valence-electron chi connectivity index (χ2n) is 7.79. The van der Waals surface area contributed by atoms with Crippen molar-refractivity contribution in [3.05, 3.63) is 39.7 Å². The van der Waals surface area contributed by atoms with Crippen LogP contribution in [0.3, 0.4) is 0 Å². The molecule has 7 nitrogen and oxygen atoms in total. The second-order valence-corrected chi connectivity index (χ2v) is 7.79. The normalized spacial score (nSPS) is 12.5. The van der Waals surface area contributed by atoms with Gasteiger partial charge in [0.1, 0.15) is 23.0 Å². The molecule has 1 aromatic heterocycles. The summed E-state index contributed by atoms with van der Waals surface area (Å²) in [5.41, 5.74) is 0.618. The van der Waals surface area contributed by atoms with Crippen LogP contribution in [-0.4, -0.2) is 23.7 Å².